The second kappa shape index (κ2) is 6.89. The minimum atomic E-state index is -3.54. The van der Waals surface area contributed by atoms with Crippen LogP contribution in [0.1, 0.15) is 18.4 Å². The van der Waals surface area contributed by atoms with E-state index in [0.717, 1.165) is 6.07 Å². The first kappa shape index (κ1) is 15.8. The Balaban J connectivity index is 2.14. The second-order valence-corrected chi connectivity index (χ2v) is 6.62. The van der Waals surface area contributed by atoms with Crippen molar-refractivity contribution in [1.29, 1.82) is 0 Å². The molecule has 0 unspecified atom stereocenters. The van der Waals surface area contributed by atoms with Crippen LogP contribution in [0.4, 0.5) is 10.1 Å². The lowest BCUT2D eigenvalue weighted by atomic mass is 10.2. The minimum absolute atomic E-state index is 0.136. The standard InChI is InChI=1S/C14H17FN2O3S/c15-14-10-12(4-3-11(14)2-1-7-16)17-21(18,19)13-5-8-20-9-6-13/h3-4,10,13,17H,5-9,16H2. The molecule has 0 radical (unpaired) electrons. The van der Waals surface area contributed by atoms with Gasteiger partial charge in [0.1, 0.15) is 5.82 Å². The molecule has 5 nitrogen and oxygen atoms in total. The number of rotatable bonds is 3. The maximum absolute atomic E-state index is 13.8. The topological polar surface area (TPSA) is 81.4 Å². The highest BCUT2D eigenvalue weighted by Crippen LogP contribution is 2.20. The maximum Gasteiger partial charge on any atom is 0.235 e. The lowest BCUT2D eigenvalue weighted by Crippen LogP contribution is -2.33. The minimum Gasteiger partial charge on any atom is -0.381 e. The van der Waals surface area contributed by atoms with Gasteiger partial charge in [0.2, 0.25) is 10.0 Å². The van der Waals surface area contributed by atoms with E-state index in [4.69, 9.17) is 10.5 Å². The molecule has 3 N–H and O–H groups in total. The quantitative estimate of drug-likeness (QED) is 0.818. The number of halogens is 1. The van der Waals surface area contributed by atoms with Crippen LogP contribution in [0.3, 0.4) is 0 Å². The van der Waals surface area contributed by atoms with Crippen LogP contribution in [0.5, 0.6) is 0 Å². The van der Waals surface area contributed by atoms with Crippen molar-refractivity contribution in [2.24, 2.45) is 5.73 Å². The van der Waals surface area contributed by atoms with Crippen LogP contribution in [-0.2, 0) is 14.8 Å². The van der Waals surface area contributed by atoms with Crippen LogP contribution in [0.2, 0.25) is 0 Å². The van der Waals surface area contributed by atoms with Gasteiger partial charge in [0.05, 0.1) is 23.0 Å². The zero-order chi connectivity index (χ0) is 15.3. The number of anilines is 1. The summed E-state index contributed by atoms with van der Waals surface area (Å²) in [5, 5.41) is -0.508. The van der Waals surface area contributed by atoms with Gasteiger partial charge < -0.3 is 10.5 Å². The van der Waals surface area contributed by atoms with Crippen molar-refractivity contribution in [3.8, 4) is 11.8 Å². The SMILES string of the molecule is NCC#Cc1ccc(NS(=O)(=O)C2CCOCC2)cc1F. The molecule has 0 amide bonds. The van der Waals surface area contributed by atoms with Crippen molar-refractivity contribution >= 4 is 15.7 Å². The van der Waals surface area contributed by atoms with Gasteiger partial charge in [-0.15, -0.1) is 0 Å². The molecule has 1 saturated heterocycles. The summed E-state index contributed by atoms with van der Waals surface area (Å²) < 4.78 is 45.7. The van der Waals surface area contributed by atoms with Crippen LogP contribution in [0, 0.1) is 17.7 Å². The number of ether oxygens (including phenoxy) is 1. The summed E-state index contributed by atoms with van der Waals surface area (Å²) in [6, 6.07) is 4.04. The highest BCUT2D eigenvalue weighted by atomic mass is 32.2. The molecule has 2 rings (SSSR count). The predicted molar refractivity (Wildman–Crippen MR) is 78.7 cm³/mol. The molecule has 0 aliphatic carbocycles. The molecular formula is C14H17FN2O3S. The molecule has 0 spiro atoms. The summed E-state index contributed by atoms with van der Waals surface area (Å²) in [6.45, 7) is 0.985. The molecule has 0 saturated carbocycles. The Kier molecular flexibility index (Phi) is 5.17. The van der Waals surface area contributed by atoms with Gasteiger partial charge in [-0.1, -0.05) is 11.8 Å². The van der Waals surface area contributed by atoms with Crippen molar-refractivity contribution in [1.82, 2.24) is 0 Å². The van der Waals surface area contributed by atoms with E-state index in [-0.39, 0.29) is 17.8 Å². The van der Waals surface area contributed by atoms with Gasteiger partial charge in [-0.2, -0.15) is 0 Å². The third-order valence-electron chi connectivity index (χ3n) is 3.16. The molecule has 1 aromatic rings. The van der Waals surface area contributed by atoms with Crippen molar-refractivity contribution in [3.05, 3.63) is 29.6 Å². The van der Waals surface area contributed by atoms with Gasteiger partial charge in [0, 0.05) is 13.2 Å². The number of nitrogens with one attached hydrogen (secondary N) is 1. The number of sulfonamides is 1. The van der Waals surface area contributed by atoms with E-state index in [0.29, 0.717) is 26.1 Å². The summed E-state index contributed by atoms with van der Waals surface area (Å²) in [4.78, 5) is 0. The Bertz CT molecular complexity index is 659. The van der Waals surface area contributed by atoms with Crippen LogP contribution in [0.15, 0.2) is 18.2 Å². The van der Waals surface area contributed by atoms with Gasteiger partial charge in [0.15, 0.2) is 0 Å². The summed E-state index contributed by atoms with van der Waals surface area (Å²) in [6.07, 6.45) is 0.885. The van der Waals surface area contributed by atoms with E-state index < -0.39 is 21.1 Å². The second-order valence-electron chi connectivity index (χ2n) is 4.66. The average molecular weight is 312 g/mol. The number of benzene rings is 1. The smallest absolute Gasteiger partial charge is 0.235 e. The molecular weight excluding hydrogens is 295 g/mol. The van der Waals surface area contributed by atoms with E-state index in [1.165, 1.54) is 12.1 Å². The molecule has 1 fully saturated rings. The lowest BCUT2D eigenvalue weighted by molar-refractivity contribution is 0.0984. The van der Waals surface area contributed by atoms with Crippen LogP contribution >= 0.6 is 0 Å². The molecule has 21 heavy (non-hydrogen) atoms. The summed E-state index contributed by atoms with van der Waals surface area (Å²) in [5.74, 6) is 4.55. The third kappa shape index (κ3) is 4.17. The monoisotopic (exact) mass is 312 g/mol. The van der Waals surface area contributed by atoms with Crippen molar-refractivity contribution in [3.63, 3.8) is 0 Å². The first-order valence-corrected chi connectivity index (χ1v) is 8.15. The fourth-order valence-corrected chi connectivity index (χ4v) is 3.50. The molecule has 1 aliphatic heterocycles. The normalized spacial score (nSPS) is 16.1. The number of hydrogen-bond donors (Lipinski definition) is 2. The van der Waals surface area contributed by atoms with E-state index >= 15 is 0 Å². The Morgan fingerprint density at radius 3 is 2.71 bits per heavy atom. The van der Waals surface area contributed by atoms with E-state index in [1.54, 1.807) is 0 Å². The highest BCUT2D eigenvalue weighted by Gasteiger charge is 2.27. The summed E-state index contributed by atoms with van der Waals surface area (Å²) in [7, 11) is -3.54. The summed E-state index contributed by atoms with van der Waals surface area (Å²) >= 11 is 0. The fourth-order valence-electron chi connectivity index (χ4n) is 2.06. The highest BCUT2D eigenvalue weighted by molar-refractivity contribution is 7.93. The van der Waals surface area contributed by atoms with Crippen molar-refractivity contribution in [2.45, 2.75) is 18.1 Å². The van der Waals surface area contributed by atoms with Gasteiger partial charge in [0.25, 0.3) is 0 Å². The maximum atomic E-state index is 13.8. The predicted octanol–water partition coefficient (Wildman–Crippen LogP) is 1.06. The molecule has 0 atom stereocenters. The van der Waals surface area contributed by atoms with E-state index in [9.17, 15) is 12.8 Å². The van der Waals surface area contributed by atoms with Crippen molar-refractivity contribution < 1.29 is 17.5 Å². The zero-order valence-corrected chi connectivity index (χ0v) is 12.2. The van der Waals surface area contributed by atoms with Crippen LogP contribution in [0.25, 0.3) is 0 Å². The molecule has 1 heterocycles. The first-order chi connectivity index (χ1) is 10.0. The van der Waals surface area contributed by atoms with Gasteiger partial charge in [-0.3, -0.25) is 4.72 Å². The van der Waals surface area contributed by atoms with Crippen molar-refractivity contribution in [2.75, 3.05) is 24.5 Å². The zero-order valence-electron chi connectivity index (χ0n) is 11.4. The Morgan fingerprint density at radius 1 is 1.38 bits per heavy atom. The average Bonchev–Trinajstić information content (AvgIpc) is 2.47. The molecule has 1 aliphatic rings. The number of hydrogen-bond acceptors (Lipinski definition) is 4. The van der Waals surface area contributed by atoms with E-state index in [1.807, 2.05) is 0 Å². The number of nitrogens with two attached hydrogens (primary N) is 1. The summed E-state index contributed by atoms with van der Waals surface area (Å²) in [5.41, 5.74) is 5.61. The van der Waals surface area contributed by atoms with Gasteiger partial charge in [-0.25, -0.2) is 12.8 Å². The van der Waals surface area contributed by atoms with Gasteiger partial charge in [-0.05, 0) is 31.0 Å². The van der Waals surface area contributed by atoms with E-state index in [2.05, 4.69) is 16.6 Å². The third-order valence-corrected chi connectivity index (χ3v) is 5.03. The van der Waals surface area contributed by atoms with Gasteiger partial charge >= 0.3 is 0 Å². The molecule has 0 aromatic heterocycles. The van der Waals surface area contributed by atoms with Crippen LogP contribution < -0.4 is 10.5 Å². The lowest BCUT2D eigenvalue weighted by Gasteiger charge is -2.22. The Morgan fingerprint density at radius 2 is 2.10 bits per heavy atom. The first-order valence-electron chi connectivity index (χ1n) is 6.61. The molecule has 7 heteroatoms. The Hall–Kier alpha value is -1.62. The fraction of sp³-hybridized carbons (Fsp3) is 0.429. The largest absolute Gasteiger partial charge is 0.381 e. The van der Waals surface area contributed by atoms with Crippen LogP contribution in [-0.4, -0.2) is 33.4 Å². The molecule has 0 bridgehead atoms. The molecule has 1 aromatic carbocycles. The molecule has 114 valence electrons. The Labute approximate surface area is 123 Å².